The van der Waals surface area contributed by atoms with Crippen molar-refractivity contribution in [3.63, 3.8) is 0 Å². The molecule has 0 atom stereocenters. The molecule has 0 bridgehead atoms. The molecule has 6 heteroatoms. The number of pyridine rings is 1. The molecule has 1 amide bonds. The minimum Gasteiger partial charge on any atom is -0.452 e. The Balaban J connectivity index is 1.71. The van der Waals surface area contributed by atoms with E-state index in [0.29, 0.717) is 18.7 Å². The summed E-state index contributed by atoms with van der Waals surface area (Å²) < 4.78 is 5.47. The van der Waals surface area contributed by atoms with Crippen molar-refractivity contribution in [2.75, 3.05) is 19.7 Å². The molecule has 0 spiro atoms. The molecular weight excluding hydrogens is 396 g/mol. The average Bonchev–Trinajstić information content (AvgIpc) is 3.42. The van der Waals surface area contributed by atoms with Gasteiger partial charge in [0.15, 0.2) is 6.61 Å². The molecule has 0 unspecified atom stereocenters. The molecule has 0 radical (unpaired) electrons. The summed E-state index contributed by atoms with van der Waals surface area (Å²) in [7, 11) is 0. The van der Waals surface area contributed by atoms with Gasteiger partial charge in [0.1, 0.15) is 0 Å². The average molecular weight is 421 g/mol. The fourth-order valence-electron chi connectivity index (χ4n) is 3.92. The van der Waals surface area contributed by atoms with Crippen LogP contribution in [0.5, 0.6) is 0 Å². The Hall–Kier alpha value is -2.99. The van der Waals surface area contributed by atoms with E-state index in [0.717, 1.165) is 40.6 Å². The van der Waals surface area contributed by atoms with Gasteiger partial charge in [0, 0.05) is 23.4 Å². The lowest BCUT2D eigenvalue weighted by Gasteiger charge is -2.18. The van der Waals surface area contributed by atoms with Crippen LogP contribution in [0.25, 0.3) is 22.6 Å². The van der Waals surface area contributed by atoms with Crippen LogP contribution in [0.4, 0.5) is 0 Å². The molecule has 1 aliphatic carbocycles. The van der Waals surface area contributed by atoms with Crippen LogP contribution in [-0.4, -0.2) is 41.5 Å². The zero-order valence-electron chi connectivity index (χ0n) is 17.2. The van der Waals surface area contributed by atoms with Crippen LogP contribution in [0.2, 0.25) is 0 Å². The quantitative estimate of drug-likeness (QED) is 0.537. The van der Waals surface area contributed by atoms with Crippen LogP contribution in [0, 0.1) is 0 Å². The molecule has 1 aromatic carbocycles. The van der Waals surface area contributed by atoms with Gasteiger partial charge in [-0.15, -0.1) is 11.3 Å². The van der Waals surface area contributed by atoms with Crippen molar-refractivity contribution in [2.24, 2.45) is 0 Å². The number of carbonyl (C=O) groups excluding carboxylic acids is 2. The Kier molecular flexibility index (Phi) is 5.95. The van der Waals surface area contributed by atoms with E-state index in [1.165, 1.54) is 4.88 Å². The Morgan fingerprint density at radius 1 is 1.13 bits per heavy atom. The van der Waals surface area contributed by atoms with Crippen LogP contribution in [0.15, 0.2) is 41.8 Å². The summed E-state index contributed by atoms with van der Waals surface area (Å²) in [5.41, 5.74) is 4.21. The maximum Gasteiger partial charge on any atom is 0.339 e. The van der Waals surface area contributed by atoms with E-state index in [4.69, 9.17) is 9.72 Å². The number of nitrogens with zero attached hydrogens (tertiary/aromatic N) is 2. The first-order chi connectivity index (χ1) is 14.6. The topological polar surface area (TPSA) is 59.5 Å². The third-order valence-corrected chi connectivity index (χ3v) is 6.27. The zero-order chi connectivity index (χ0) is 21.1. The van der Waals surface area contributed by atoms with Gasteiger partial charge in [0.2, 0.25) is 0 Å². The Labute approximate surface area is 180 Å². The lowest BCUT2D eigenvalue weighted by Crippen LogP contribution is -2.34. The summed E-state index contributed by atoms with van der Waals surface area (Å²) in [6, 6.07) is 11.7. The first-order valence-corrected chi connectivity index (χ1v) is 11.1. The predicted octanol–water partition coefficient (Wildman–Crippen LogP) is 4.81. The van der Waals surface area contributed by atoms with Crippen LogP contribution in [0.3, 0.4) is 0 Å². The number of esters is 1. The SMILES string of the molecule is CCN(CC)C(=O)COC(=O)c1c2c(nc3ccccc13)/C(=C/c1cccs1)CC2. The molecule has 0 saturated carbocycles. The molecule has 3 aromatic rings. The van der Waals surface area contributed by atoms with Crippen molar-refractivity contribution in [3.05, 3.63) is 63.5 Å². The van der Waals surface area contributed by atoms with Crippen molar-refractivity contribution in [1.82, 2.24) is 9.88 Å². The Bertz CT molecular complexity index is 1110. The minimum absolute atomic E-state index is 0.179. The summed E-state index contributed by atoms with van der Waals surface area (Å²) >= 11 is 1.68. The number of thiophene rings is 1. The number of amides is 1. The number of likely N-dealkylation sites (N-methyl/N-ethyl adjacent to an activating group) is 1. The van der Waals surface area contributed by atoms with Gasteiger partial charge in [-0.1, -0.05) is 24.3 Å². The predicted molar refractivity (Wildman–Crippen MR) is 120 cm³/mol. The van der Waals surface area contributed by atoms with Gasteiger partial charge in [0.25, 0.3) is 5.91 Å². The number of allylic oxidation sites excluding steroid dienone is 1. The second-order valence-electron chi connectivity index (χ2n) is 7.16. The van der Waals surface area contributed by atoms with Crippen LogP contribution in [0.1, 0.15) is 46.8 Å². The van der Waals surface area contributed by atoms with Gasteiger partial charge < -0.3 is 9.64 Å². The van der Waals surface area contributed by atoms with Gasteiger partial charge in [-0.25, -0.2) is 9.78 Å². The second-order valence-corrected chi connectivity index (χ2v) is 8.14. The third kappa shape index (κ3) is 3.87. The normalized spacial score (nSPS) is 14.1. The number of fused-ring (bicyclic) bond motifs is 2. The number of hydrogen-bond donors (Lipinski definition) is 0. The number of hydrogen-bond acceptors (Lipinski definition) is 5. The number of para-hydroxylation sites is 1. The fraction of sp³-hybridized carbons (Fsp3) is 0.292. The first-order valence-electron chi connectivity index (χ1n) is 10.2. The van der Waals surface area contributed by atoms with Gasteiger partial charge >= 0.3 is 5.97 Å². The molecule has 0 saturated heterocycles. The lowest BCUT2D eigenvalue weighted by molar-refractivity contribution is -0.134. The maximum atomic E-state index is 13.1. The Morgan fingerprint density at radius 2 is 1.93 bits per heavy atom. The molecule has 0 aliphatic heterocycles. The number of carbonyl (C=O) groups is 2. The monoisotopic (exact) mass is 420 g/mol. The molecule has 0 fully saturated rings. The van der Waals surface area contributed by atoms with Crippen molar-refractivity contribution in [3.8, 4) is 0 Å². The highest BCUT2D eigenvalue weighted by molar-refractivity contribution is 7.10. The summed E-state index contributed by atoms with van der Waals surface area (Å²) in [5.74, 6) is -0.635. The number of benzene rings is 1. The molecule has 5 nitrogen and oxygen atoms in total. The third-order valence-electron chi connectivity index (χ3n) is 5.45. The van der Waals surface area contributed by atoms with E-state index in [1.54, 1.807) is 16.2 Å². The molecular formula is C24H24N2O3S. The number of aromatic nitrogens is 1. The van der Waals surface area contributed by atoms with Gasteiger partial charge in [-0.2, -0.15) is 0 Å². The molecule has 2 heterocycles. The highest BCUT2D eigenvalue weighted by Crippen LogP contribution is 2.38. The standard InChI is InChI=1S/C24H24N2O3S/c1-3-26(4-2)21(27)15-29-24(28)22-18-9-5-6-10-20(18)25-23-16(11-12-19(22)23)14-17-8-7-13-30-17/h5-10,13-14H,3-4,11-12,15H2,1-2H3/b16-14+. The van der Waals surface area contributed by atoms with E-state index in [1.807, 2.05) is 49.6 Å². The summed E-state index contributed by atoms with van der Waals surface area (Å²) in [6.07, 6.45) is 3.71. The fourth-order valence-corrected chi connectivity index (χ4v) is 4.61. The maximum absolute atomic E-state index is 13.1. The second kappa shape index (κ2) is 8.79. The van der Waals surface area contributed by atoms with E-state index in [-0.39, 0.29) is 12.5 Å². The van der Waals surface area contributed by atoms with Gasteiger partial charge in [-0.3, -0.25) is 4.79 Å². The number of ether oxygens (including phenoxy) is 1. The van der Waals surface area contributed by atoms with Crippen LogP contribution >= 0.6 is 11.3 Å². The van der Waals surface area contributed by atoms with Crippen LogP contribution < -0.4 is 0 Å². The number of rotatable bonds is 6. The largest absolute Gasteiger partial charge is 0.452 e. The highest BCUT2D eigenvalue weighted by Gasteiger charge is 2.28. The van der Waals surface area contributed by atoms with E-state index in [2.05, 4.69) is 12.1 Å². The highest BCUT2D eigenvalue weighted by atomic mass is 32.1. The van der Waals surface area contributed by atoms with Crippen molar-refractivity contribution in [1.29, 1.82) is 0 Å². The minimum atomic E-state index is -0.456. The van der Waals surface area contributed by atoms with Crippen molar-refractivity contribution in [2.45, 2.75) is 26.7 Å². The molecule has 1 aliphatic rings. The van der Waals surface area contributed by atoms with Crippen LogP contribution in [-0.2, 0) is 16.0 Å². The molecule has 154 valence electrons. The molecule has 30 heavy (non-hydrogen) atoms. The zero-order valence-corrected chi connectivity index (χ0v) is 18.0. The van der Waals surface area contributed by atoms with Gasteiger partial charge in [0.05, 0.1) is 16.8 Å². The summed E-state index contributed by atoms with van der Waals surface area (Å²) in [6.45, 7) is 4.76. The molecule has 0 N–H and O–H groups in total. The van der Waals surface area contributed by atoms with E-state index >= 15 is 0 Å². The molecule has 4 rings (SSSR count). The lowest BCUT2D eigenvalue weighted by atomic mass is 10.0. The summed E-state index contributed by atoms with van der Waals surface area (Å²) in [5, 5.41) is 2.82. The van der Waals surface area contributed by atoms with E-state index in [9.17, 15) is 9.59 Å². The van der Waals surface area contributed by atoms with E-state index < -0.39 is 5.97 Å². The Morgan fingerprint density at radius 3 is 2.67 bits per heavy atom. The molecule has 2 aromatic heterocycles. The summed E-state index contributed by atoms with van der Waals surface area (Å²) in [4.78, 5) is 33.1. The first kappa shape index (κ1) is 20.3. The van der Waals surface area contributed by atoms with Crippen molar-refractivity contribution < 1.29 is 14.3 Å². The van der Waals surface area contributed by atoms with Gasteiger partial charge in [-0.05, 0) is 61.4 Å². The smallest absolute Gasteiger partial charge is 0.339 e. The van der Waals surface area contributed by atoms with Crippen molar-refractivity contribution >= 4 is 45.8 Å².